The molecule has 0 atom stereocenters. The molecule has 5 heteroatoms. The van der Waals surface area contributed by atoms with Gasteiger partial charge in [-0.1, -0.05) is 43.0 Å². The standard InChI is InChI=1S/C24H24ClNO3/c1-15-23-17(13-26(14-28-23)19-8-3-2-4-9-19)12-20-22(27)21(29-24(15)20)11-16-6-5-7-18(25)10-16/h5-7,10-12,19H,2-4,8-9,13-14H2,1H3/b21-11-. The monoisotopic (exact) mass is 409 g/mol. The van der Waals surface area contributed by atoms with Crippen LogP contribution in [0.5, 0.6) is 11.5 Å². The fourth-order valence-electron chi connectivity index (χ4n) is 4.69. The van der Waals surface area contributed by atoms with Crippen molar-refractivity contribution >= 4 is 23.5 Å². The van der Waals surface area contributed by atoms with Crippen LogP contribution in [-0.2, 0) is 6.54 Å². The SMILES string of the molecule is Cc1c2c(cc3c1O/C(=C\c1cccc(Cl)c1)C3=O)CN(C1CCCCC1)CO2. The first-order chi connectivity index (χ1) is 14.1. The fraction of sp³-hybridized carbons (Fsp3) is 0.375. The van der Waals surface area contributed by atoms with Crippen molar-refractivity contribution in [2.45, 2.75) is 51.6 Å². The van der Waals surface area contributed by atoms with Crippen LogP contribution in [0.15, 0.2) is 36.1 Å². The summed E-state index contributed by atoms with van der Waals surface area (Å²) in [7, 11) is 0. The minimum atomic E-state index is -0.0827. The summed E-state index contributed by atoms with van der Waals surface area (Å²) >= 11 is 6.07. The van der Waals surface area contributed by atoms with E-state index in [1.165, 1.54) is 32.1 Å². The third-order valence-corrected chi connectivity index (χ3v) is 6.44. The van der Waals surface area contributed by atoms with E-state index < -0.39 is 0 Å². The highest BCUT2D eigenvalue weighted by atomic mass is 35.5. The van der Waals surface area contributed by atoms with Crippen LogP contribution in [-0.4, -0.2) is 23.5 Å². The molecule has 1 aliphatic carbocycles. The molecule has 1 saturated carbocycles. The third-order valence-electron chi connectivity index (χ3n) is 6.20. The van der Waals surface area contributed by atoms with Gasteiger partial charge in [0.2, 0.25) is 5.78 Å². The van der Waals surface area contributed by atoms with E-state index in [9.17, 15) is 4.79 Å². The van der Waals surface area contributed by atoms with Crippen molar-refractivity contribution in [3.8, 4) is 11.5 Å². The molecular weight excluding hydrogens is 386 g/mol. The van der Waals surface area contributed by atoms with Gasteiger partial charge in [0.1, 0.15) is 18.2 Å². The molecule has 0 aromatic heterocycles. The Balaban J connectivity index is 1.45. The first-order valence-corrected chi connectivity index (χ1v) is 10.7. The second-order valence-electron chi connectivity index (χ2n) is 8.17. The van der Waals surface area contributed by atoms with E-state index in [4.69, 9.17) is 21.1 Å². The number of ketones is 1. The smallest absolute Gasteiger partial charge is 0.231 e. The molecule has 0 N–H and O–H groups in total. The van der Waals surface area contributed by atoms with Gasteiger partial charge in [-0.25, -0.2) is 0 Å². The molecule has 3 aliphatic rings. The zero-order valence-corrected chi connectivity index (χ0v) is 17.3. The van der Waals surface area contributed by atoms with E-state index in [0.29, 0.717) is 34.9 Å². The molecule has 1 fully saturated rings. The Morgan fingerprint density at radius 1 is 1.14 bits per heavy atom. The first kappa shape index (κ1) is 18.7. The van der Waals surface area contributed by atoms with Gasteiger partial charge in [-0.3, -0.25) is 9.69 Å². The van der Waals surface area contributed by atoms with Crippen molar-refractivity contribution in [3.63, 3.8) is 0 Å². The number of halogens is 1. The predicted molar refractivity (Wildman–Crippen MR) is 113 cm³/mol. The van der Waals surface area contributed by atoms with Gasteiger partial charge in [-0.15, -0.1) is 0 Å². The number of rotatable bonds is 2. The number of hydrogen-bond donors (Lipinski definition) is 0. The lowest BCUT2D eigenvalue weighted by Gasteiger charge is -2.37. The first-order valence-electron chi connectivity index (χ1n) is 10.3. The van der Waals surface area contributed by atoms with E-state index >= 15 is 0 Å². The lowest BCUT2D eigenvalue weighted by molar-refractivity contribution is 0.0397. The fourth-order valence-corrected chi connectivity index (χ4v) is 4.89. The average Bonchev–Trinajstić information content (AvgIpc) is 3.04. The molecule has 0 unspecified atom stereocenters. The highest BCUT2D eigenvalue weighted by Crippen LogP contribution is 2.43. The Kier molecular flexibility index (Phi) is 4.84. The van der Waals surface area contributed by atoms with Crippen LogP contribution >= 0.6 is 11.6 Å². The number of allylic oxidation sites excluding steroid dienone is 1. The molecule has 5 rings (SSSR count). The Hall–Kier alpha value is -2.30. The number of Topliss-reactive ketones (excluding diaryl/α,β-unsaturated/α-hetero) is 1. The molecule has 150 valence electrons. The average molecular weight is 410 g/mol. The summed E-state index contributed by atoms with van der Waals surface area (Å²) in [5.41, 5.74) is 3.46. The summed E-state index contributed by atoms with van der Waals surface area (Å²) in [5, 5.41) is 0.630. The van der Waals surface area contributed by atoms with Crippen molar-refractivity contribution in [1.82, 2.24) is 4.90 Å². The molecule has 2 aliphatic heterocycles. The summed E-state index contributed by atoms with van der Waals surface area (Å²) in [5.74, 6) is 1.73. The quantitative estimate of drug-likeness (QED) is 0.592. The van der Waals surface area contributed by atoms with Crippen LogP contribution in [0.2, 0.25) is 5.02 Å². The third kappa shape index (κ3) is 3.45. The van der Waals surface area contributed by atoms with Gasteiger partial charge < -0.3 is 9.47 Å². The van der Waals surface area contributed by atoms with Crippen LogP contribution in [0.4, 0.5) is 0 Å². The zero-order valence-electron chi connectivity index (χ0n) is 16.5. The summed E-state index contributed by atoms with van der Waals surface area (Å²) < 4.78 is 12.1. The Morgan fingerprint density at radius 3 is 2.76 bits per heavy atom. The zero-order chi connectivity index (χ0) is 20.0. The number of ether oxygens (including phenoxy) is 2. The molecule has 2 aromatic rings. The Labute approximate surface area is 176 Å². The molecule has 0 saturated heterocycles. The number of carbonyl (C=O) groups is 1. The largest absolute Gasteiger partial charge is 0.477 e. The second-order valence-corrected chi connectivity index (χ2v) is 8.61. The highest BCUT2D eigenvalue weighted by Gasteiger charge is 2.34. The molecule has 29 heavy (non-hydrogen) atoms. The number of hydrogen-bond acceptors (Lipinski definition) is 4. The van der Waals surface area contributed by atoms with Crippen LogP contribution in [0.3, 0.4) is 0 Å². The Bertz CT molecular complexity index is 1010. The van der Waals surface area contributed by atoms with Crippen molar-refractivity contribution in [3.05, 3.63) is 63.4 Å². The minimum absolute atomic E-state index is 0.0827. The molecule has 0 bridgehead atoms. The Morgan fingerprint density at radius 2 is 1.97 bits per heavy atom. The van der Waals surface area contributed by atoms with Gasteiger partial charge in [0.25, 0.3) is 0 Å². The molecule has 0 amide bonds. The van der Waals surface area contributed by atoms with Crippen LogP contribution in [0, 0.1) is 6.92 Å². The van der Waals surface area contributed by atoms with Crippen molar-refractivity contribution in [1.29, 1.82) is 0 Å². The maximum absolute atomic E-state index is 13.0. The van der Waals surface area contributed by atoms with E-state index in [1.807, 2.05) is 37.3 Å². The molecule has 2 aromatic carbocycles. The van der Waals surface area contributed by atoms with Crippen LogP contribution in [0.1, 0.15) is 59.2 Å². The van der Waals surface area contributed by atoms with E-state index in [1.54, 1.807) is 6.08 Å². The molecule has 2 heterocycles. The van der Waals surface area contributed by atoms with E-state index in [2.05, 4.69) is 4.90 Å². The van der Waals surface area contributed by atoms with E-state index in [-0.39, 0.29) is 5.78 Å². The molecule has 0 radical (unpaired) electrons. The summed E-state index contributed by atoms with van der Waals surface area (Å²) in [6.07, 6.45) is 8.14. The van der Waals surface area contributed by atoms with E-state index in [0.717, 1.165) is 29.0 Å². The van der Waals surface area contributed by atoms with Gasteiger partial charge in [-0.2, -0.15) is 0 Å². The van der Waals surface area contributed by atoms with Crippen molar-refractivity contribution in [2.75, 3.05) is 6.73 Å². The summed E-state index contributed by atoms with van der Waals surface area (Å²) in [4.78, 5) is 15.4. The maximum Gasteiger partial charge on any atom is 0.231 e. The van der Waals surface area contributed by atoms with Gasteiger partial charge in [0, 0.05) is 28.7 Å². The number of nitrogens with zero attached hydrogens (tertiary/aromatic N) is 1. The normalized spacial score (nSPS) is 20.9. The summed E-state index contributed by atoms with van der Waals surface area (Å²) in [6.45, 7) is 3.41. The summed E-state index contributed by atoms with van der Waals surface area (Å²) in [6, 6.07) is 9.94. The minimum Gasteiger partial charge on any atom is -0.477 e. The maximum atomic E-state index is 13.0. The lowest BCUT2D eigenvalue weighted by Crippen LogP contribution is -2.41. The van der Waals surface area contributed by atoms with Gasteiger partial charge in [0.05, 0.1) is 5.56 Å². The van der Waals surface area contributed by atoms with Gasteiger partial charge in [-0.05, 0) is 49.6 Å². The van der Waals surface area contributed by atoms with Crippen LogP contribution in [0.25, 0.3) is 6.08 Å². The molecular formula is C24H24ClNO3. The highest BCUT2D eigenvalue weighted by molar-refractivity contribution is 6.30. The van der Waals surface area contributed by atoms with Crippen molar-refractivity contribution in [2.24, 2.45) is 0 Å². The van der Waals surface area contributed by atoms with Gasteiger partial charge >= 0.3 is 0 Å². The molecule has 4 nitrogen and oxygen atoms in total. The predicted octanol–water partition coefficient (Wildman–Crippen LogP) is 5.75. The second kappa shape index (κ2) is 7.51. The number of fused-ring (bicyclic) bond motifs is 2. The van der Waals surface area contributed by atoms with Gasteiger partial charge in [0.15, 0.2) is 5.76 Å². The topological polar surface area (TPSA) is 38.8 Å². The van der Waals surface area contributed by atoms with Crippen LogP contribution < -0.4 is 9.47 Å². The molecule has 0 spiro atoms. The number of benzene rings is 2. The van der Waals surface area contributed by atoms with Crippen molar-refractivity contribution < 1.29 is 14.3 Å². The lowest BCUT2D eigenvalue weighted by atomic mass is 9.93. The number of carbonyl (C=O) groups excluding carboxylic acids is 1.